The molecule has 1 aliphatic heterocycles. The Morgan fingerprint density at radius 3 is 1.92 bits per heavy atom. The second kappa shape index (κ2) is 8.94. The summed E-state index contributed by atoms with van der Waals surface area (Å²) in [6.45, 7) is -0.578. The molecule has 4 atom stereocenters. The molecule has 1 heterocycles. The summed E-state index contributed by atoms with van der Waals surface area (Å²) in [5.41, 5.74) is -0.472. The lowest BCUT2D eigenvalue weighted by Crippen LogP contribution is -2.55. The number of fused-ring (bicyclic) bond motifs is 5. The van der Waals surface area contributed by atoms with Crippen molar-refractivity contribution in [1.82, 2.24) is 10.0 Å². The minimum atomic E-state index is -2.18. The largest absolute Gasteiger partial charge is 0.273 e. The van der Waals surface area contributed by atoms with E-state index in [4.69, 9.17) is 69.6 Å². The first-order valence-corrected chi connectivity index (χ1v) is 13.0. The second-order valence-electron chi connectivity index (χ2n) is 8.83. The van der Waals surface area contributed by atoms with Crippen molar-refractivity contribution in [1.29, 1.82) is 0 Å². The lowest BCUT2D eigenvalue weighted by Gasteiger charge is -2.37. The van der Waals surface area contributed by atoms with Crippen LogP contribution < -0.4 is 0 Å². The minimum absolute atomic E-state index is 0.0391. The predicted octanol–water partition coefficient (Wildman–Crippen LogP) is 5.74. The zero-order valence-electron chi connectivity index (χ0n) is 18.5. The van der Waals surface area contributed by atoms with Crippen LogP contribution in [0.25, 0.3) is 0 Å². The standard InChI is InChI=1S/C23H12Cl6FN3O5/c24-16-17(25)22(27)15-14(21(16,26)23(22,28)29)19(35)32(20(15)36)31(9-11-3-1-2-4-13(11)30)18(34)10-5-7-12(8-6-10)33(37)38/h1-8,14-15H,9H2/t14-,15-,21+,22+/m0/s1. The van der Waals surface area contributed by atoms with E-state index in [-0.39, 0.29) is 26.9 Å². The number of hydrogen-bond donors (Lipinski definition) is 0. The van der Waals surface area contributed by atoms with Crippen LogP contribution in [0.1, 0.15) is 15.9 Å². The Kier molecular flexibility index (Phi) is 6.45. The number of amides is 3. The fourth-order valence-corrected chi connectivity index (χ4v) is 8.04. The van der Waals surface area contributed by atoms with Gasteiger partial charge in [0.15, 0.2) is 4.33 Å². The summed E-state index contributed by atoms with van der Waals surface area (Å²) in [6, 6.07) is 9.80. The molecule has 1 saturated carbocycles. The van der Waals surface area contributed by atoms with Gasteiger partial charge in [-0.2, -0.15) is 5.01 Å². The minimum Gasteiger partial charge on any atom is -0.272 e. The molecule has 38 heavy (non-hydrogen) atoms. The third-order valence-electron chi connectivity index (χ3n) is 6.96. The van der Waals surface area contributed by atoms with Crippen LogP contribution in [-0.4, -0.2) is 46.7 Å². The van der Waals surface area contributed by atoms with Gasteiger partial charge in [0.1, 0.15) is 15.6 Å². The Labute approximate surface area is 243 Å². The van der Waals surface area contributed by atoms with E-state index in [0.29, 0.717) is 10.0 Å². The maximum absolute atomic E-state index is 14.6. The van der Waals surface area contributed by atoms with Gasteiger partial charge in [0, 0.05) is 23.3 Å². The summed E-state index contributed by atoms with van der Waals surface area (Å²) < 4.78 is 12.4. The summed E-state index contributed by atoms with van der Waals surface area (Å²) in [5, 5.41) is 11.6. The Bertz CT molecular complexity index is 1420. The third kappa shape index (κ3) is 3.33. The number of carbonyl (C=O) groups is 3. The molecule has 3 amide bonds. The summed E-state index contributed by atoms with van der Waals surface area (Å²) >= 11 is 39.1. The van der Waals surface area contributed by atoms with Crippen molar-refractivity contribution in [3.63, 3.8) is 0 Å². The summed E-state index contributed by atoms with van der Waals surface area (Å²) in [6.07, 6.45) is 0. The van der Waals surface area contributed by atoms with Crippen LogP contribution in [0.2, 0.25) is 0 Å². The maximum atomic E-state index is 14.6. The Hall–Kier alpha value is -2.14. The molecule has 2 bridgehead atoms. The van der Waals surface area contributed by atoms with E-state index in [1.54, 1.807) is 0 Å². The topological polar surface area (TPSA) is 101 Å². The number of benzene rings is 2. The van der Waals surface area contributed by atoms with Gasteiger partial charge in [0.25, 0.3) is 23.4 Å². The highest BCUT2D eigenvalue weighted by atomic mass is 35.5. The highest BCUT2D eigenvalue weighted by molar-refractivity contribution is 6.66. The van der Waals surface area contributed by atoms with Crippen molar-refractivity contribution in [2.24, 2.45) is 11.8 Å². The average molecular weight is 642 g/mol. The first-order chi connectivity index (χ1) is 17.7. The van der Waals surface area contributed by atoms with Crippen LogP contribution in [0.5, 0.6) is 0 Å². The smallest absolute Gasteiger partial charge is 0.272 e. The first kappa shape index (κ1) is 27.4. The van der Waals surface area contributed by atoms with Gasteiger partial charge in [-0.1, -0.05) is 64.6 Å². The number of imide groups is 1. The molecule has 0 spiro atoms. The molecule has 2 aromatic carbocycles. The Balaban J connectivity index is 1.61. The van der Waals surface area contributed by atoms with Crippen LogP contribution in [0, 0.1) is 27.8 Å². The van der Waals surface area contributed by atoms with E-state index in [2.05, 4.69) is 0 Å². The van der Waals surface area contributed by atoms with Gasteiger partial charge in [0.05, 0.1) is 33.4 Å². The number of non-ortho nitro benzene ring substituents is 1. The molecule has 15 heteroatoms. The number of hydrogen-bond acceptors (Lipinski definition) is 5. The number of nitro benzene ring substituents is 1. The molecule has 0 aromatic heterocycles. The van der Waals surface area contributed by atoms with E-state index < -0.39 is 60.9 Å². The van der Waals surface area contributed by atoms with Gasteiger partial charge in [-0.25, -0.2) is 9.40 Å². The van der Waals surface area contributed by atoms with Crippen molar-refractivity contribution >= 4 is 93.0 Å². The highest BCUT2D eigenvalue weighted by Crippen LogP contribution is 2.77. The molecule has 8 nitrogen and oxygen atoms in total. The SMILES string of the molecule is O=C(c1ccc([N+](=O)[O-])cc1)N(Cc1ccccc1F)N1C(=O)[C@@H]2[C@@H](C1=O)[C@@]1(Cl)C(Cl)=C(Cl)[C@@]2(Cl)C1(Cl)Cl. The molecule has 2 aromatic rings. The number of alkyl halides is 4. The summed E-state index contributed by atoms with van der Waals surface area (Å²) in [7, 11) is 0. The molecule has 0 N–H and O–H groups in total. The molecular formula is C23H12Cl6FN3O5. The molecule has 0 unspecified atom stereocenters. The van der Waals surface area contributed by atoms with Crippen LogP contribution in [0.15, 0.2) is 58.6 Å². The molecule has 3 aliphatic rings. The molecule has 2 fully saturated rings. The van der Waals surface area contributed by atoms with Gasteiger partial charge in [-0.3, -0.25) is 24.5 Å². The fourth-order valence-electron chi connectivity index (χ4n) is 5.11. The van der Waals surface area contributed by atoms with Crippen molar-refractivity contribution < 1.29 is 23.7 Å². The normalized spacial score (nSPS) is 29.2. The Morgan fingerprint density at radius 2 is 1.45 bits per heavy atom. The van der Waals surface area contributed by atoms with Crippen LogP contribution in [0.4, 0.5) is 10.1 Å². The number of nitro groups is 1. The van der Waals surface area contributed by atoms with Crippen molar-refractivity contribution in [2.75, 3.05) is 0 Å². The molecular weight excluding hydrogens is 630 g/mol. The number of halogens is 7. The van der Waals surface area contributed by atoms with Gasteiger partial charge >= 0.3 is 0 Å². The number of nitrogens with zero attached hydrogens (tertiary/aromatic N) is 3. The summed E-state index contributed by atoms with van der Waals surface area (Å²) in [4.78, 5) is 47.4. The lowest BCUT2D eigenvalue weighted by atomic mass is 9.84. The van der Waals surface area contributed by atoms with Gasteiger partial charge in [0.2, 0.25) is 0 Å². The second-order valence-corrected chi connectivity index (χ2v) is 12.1. The van der Waals surface area contributed by atoms with E-state index in [1.165, 1.54) is 18.2 Å². The predicted molar refractivity (Wildman–Crippen MR) is 139 cm³/mol. The first-order valence-electron chi connectivity index (χ1n) is 10.7. The van der Waals surface area contributed by atoms with E-state index in [1.807, 2.05) is 0 Å². The van der Waals surface area contributed by atoms with E-state index in [0.717, 1.165) is 30.3 Å². The molecule has 2 aliphatic carbocycles. The Morgan fingerprint density at radius 1 is 0.947 bits per heavy atom. The van der Waals surface area contributed by atoms with E-state index >= 15 is 0 Å². The third-order valence-corrected chi connectivity index (χ3v) is 11.2. The lowest BCUT2D eigenvalue weighted by molar-refractivity contribution is -0.384. The van der Waals surface area contributed by atoms with Gasteiger partial charge < -0.3 is 0 Å². The van der Waals surface area contributed by atoms with Crippen molar-refractivity contribution in [2.45, 2.75) is 20.6 Å². The van der Waals surface area contributed by atoms with Crippen LogP contribution >= 0.6 is 69.6 Å². The quantitative estimate of drug-likeness (QED) is 0.179. The number of hydrazine groups is 1. The van der Waals surface area contributed by atoms with Crippen LogP contribution in [0.3, 0.4) is 0 Å². The van der Waals surface area contributed by atoms with E-state index in [9.17, 15) is 28.9 Å². The monoisotopic (exact) mass is 639 g/mol. The zero-order chi connectivity index (χ0) is 27.9. The van der Waals surface area contributed by atoms with Crippen LogP contribution in [-0.2, 0) is 16.1 Å². The highest BCUT2D eigenvalue weighted by Gasteiger charge is 2.88. The number of allylic oxidation sites excluding steroid dienone is 2. The molecule has 0 radical (unpaired) electrons. The number of carbonyl (C=O) groups excluding carboxylic acids is 3. The molecule has 198 valence electrons. The summed E-state index contributed by atoms with van der Waals surface area (Å²) in [5.74, 6) is -6.74. The molecule has 1 saturated heterocycles. The van der Waals surface area contributed by atoms with Crippen molar-refractivity contribution in [3.8, 4) is 0 Å². The molecule has 5 rings (SSSR count). The van der Waals surface area contributed by atoms with Gasteiger partial charge in [-0.05, 0) is 18.2 Å². The zero-order valence-corrected chi connectivity index (χ0v) is 23.0. The fraction of sp³-hybridized carbons (Fsp3) is 0.261. The number of rotatable bonds is 5. The average Bonchev–Trinajstić information content (AvgIpc) is 3.26. The van der Waals surface area contributed by atoms with Gasteiger partial charge in [-0.15, -0.1) is 23.2 Å². The van der Waals surface area contributed by atoms with Crippen molar-refractivity contribution in [3.05, 3.63) is 85.7 Å². The maximum Gasteiger partial charge on any atom is 0.273 e.